The van der Waals surface area contributed by atoms with Crippen LogP contribution in [0.25, 0.3) is 11.3 Å². The molecule has 2 aliphatic heterocycles. The zero-order valence-electron chi connectivity index (χ0n) is 18.2. The number of ether oxygens (including phenoxy) is 1. The highest BCUT2D eigenvalue weighted by Gasteiger charge is 2.32. The summed E-state index contributed by atoms with van der Waals surface area (Å²) in [5.74, 6) is -1.19. The van der Waals surface area contributed by atoms with E-state index in [-0.39, 0.29) is 5.91 Å². The Kier molecular flexibility index (Phi) is 5.81. The van der Waals surface area contributed by atoms with Gasteiger partial charge in [0.05, 0.1) is 5.57 Å². The number of nitrogens with zero attached hydrogens (tertiary/aromatic N) is 1. The predicted octanol–water partition coefficient (Wildman–Crippen LogP) is 3.40. The van der Waals surface area contributed by atoms with Crippen LogP contribution in [0.15, 0.2) is 60.9 Å². The van der Waals surface area contributed by atoms with Crippen molar-refractivity contribution in [1.29, 1.82) is 0 Å². The zero-order valence-corrected chi connectivity index (χ0v) is 18.2. The van der Waals surface area contributed by atoms with E-state index in [4.69, 9.17) is 4.74 Å². The smallest absolute Gasteiger partial charge is 0.321 e. The first kappa shape index (κ1) is 21.8. The molecule has 1 aromatic heterocycles. The van der Waals surface area contributed by atoms with E-state index < -0.39 is 17.8 Å². The molecular weight excluding hydrogens is 437 g/mol. The summed E-state index contributed by atoms with van der Waals surface area (Å²) in [7, 11) is 0. The standard InChI is InChI=1S/C26H22FN3O4/c27-18-4-6-21-20(12-18)23(25(31)30-21)24-19-5-3-15(10-17(19)14-34-24)7-9-29-22(26(32)33)11-16-2-1-8-28-13-16/h1-6,8,10,12-13,22,29H,7,9,11,14H2,(H,30,31)(H,32,33)/b24-23+. The molecule has 0 spiro atoms. The minimum atomic E-state index is -0.908. The van der Waals surface area contributed by atoms with Crippen LogP contribution in [-0.2, 0) is 33.8 Å². The number of nitrogens with one attached hydrogen (secondary N) is 2. The van der Waals surface area contributed by atoms with Gasteiger partial charge in [-0.2, -0.15) is 0 Å². The number of carbonyl (C=O) groups is 2. The number of fused-ring (bicyclic) bond motifs is 2. The largest absolute Gasteiger partial charge is 0.487 e. The van der Waals surface area contributed by atoms with Gasteiger partial charge in [0, 0.05) is 34.8 Å². The molecule has 0 fully saturated rings. The van der Waals surface area contributed by atoms with E-state index in [9.17, 15) is 19.1 Å². The van der Waals surface area contributed by atoms with Crippen LogP contribution in [0.1, 0.15) is 27.8 Å². The number of rotatable bonds is 7. The number of aliphatic carboxylic acids is 1. The fourth-order valence-corrected chi connectivity index (χ4v) is 4.33. The molecule has 2 aliphatic rings. The Morgan fingerprint density at radius 2 is 2.06 bits per heavy atom. The lowest BCUT2D eigenvalue weighted by Crippen LogP contribution is -2.39. The second-order valence-corrected chi connectivity index (χ2v) is 8.29. The first-order valence-electron chi connectivity index (χ1n) is 10.9. The molecule has 1 atom stereocenters. The van der Waals surface area contributed by atoms with Crippen molar-refractivity contribution in [3.8, 4) is 0 Å². The maximum Gasteiger partial charge on any atom is 0.321 e. The number of pyridine rings is 1. The summed E-state index contributed by atoms with van der Waals surface area (Å²) >= 11 is 0. The Balaban J connectivity index is 1.30. The summed E-state index contributed by atoms with van der Waals surface area (Å²) in [6.45, 7) is 0.798. The van der Waals surface area contributed by atoms with Gasteiger partial charge >= 0.3 is 5.97 Å². The topological polar surface area (TPSA) is 101 Å². The molecule has 0 aliphatic carbocycles. The van der Waals surface area contributed by atoms with Gasteiger partial charge in [-0.25, -0.2) is 4.39 Å². The van der Waals surface area contributed by atoms with E-state index in [0.717, 1.165) is 22.3 Å². The van der Waals surface area contributed by atoms with Gasteiger partial charge in [0.25, 0.3) is 5.91 Å². The molecule has 172 valence electrons. The Bertz CT molecular complexity index is 1310. The van der Waals surface area contributed by atoms with Crippen LogP contribution in [-0.4, -0.2) is 34.6 Å². The number of carboxylic acids is 1. The summed E-state index contributed by atoms with van der Waals surface area (Å²) in [5.41, 5.74) is 5.01. The van der Waals surface area contributed by atoms with E-state index >= 15 is 0 Å². The lowest BCUT2D eigenvalue weighted by Gasteiger charge is -2.14. The van der Waals surface area contributed by atoms with Gasteiger partial charge in [-0.05, 0) is 54.8 Å². The lowest BCUT2D eigenvalue weighted by atomic mass is 9.98. The number of hydrogen-bond donors (Lipinski definition) is 3. The van der Waals surface area contributed by atoms with Gasteiger partial charge in [0.1, 0.15) is 24.2 Å². The Morgan fingerprint density at radius 3 is 2.85 bits per heavy atom. The number of amides is 1. The van der Waals surface area contributed by atoms with Crippen LogP contribution in [0.4, 0.5) is 10.1 Å². The molecule has 1 unspecified atom stereocenters. The van der Waals surface area contributed by atoms with Crippen LogP contribution >= 0.6 is 0 Å². The summed E-state index contributed by atoms with van der Waals surface area (Å²) in [5, 5.41) is 15.4. The average molecular weight is 459 g/mol. The fraction of sp³-hybridized carbons (Fsp3) is 0.192. The van der Waals surface area contributed by atoms with Crippen LogP contribution in [0, 0.1) is 5.82 Å². The number of anilines is 1. The van der Waals surface area contributed by atoms with Gasteiger partial charge in [-0.3, -0.25) is 14.6 Å². The molecule has 7 nitrogen and oxygen atoms in total. The van der Waals surface area contributed by atoms with Crippen molar-refractivity contribution in [3.63, 3.8) is 0 Å². The van der Waals surface area contributed by atoms with Crippen molar-refractivity contribution in [1.82, 2.24) is 10.3 Å². The van der Waals surface area contributed by atoms with Gasteiger partial charge in [0.2, 0.25) is 0 Å². The van der Waals surface area contributed by atoms with Crippen molar-refractivity contribution in [2.75, 3.05) is 11.9 Å². The molecule has 0 radical (unpaired) electrons. The summed E-state index contributed by atoms with van der Waals surface area (Å²) in [4.78, 5) is 28.2. The number of carboxylic acid groups (broad SMARTS) is 1. The van der Waals surface area contributed by atoms with Gasteiger partial charge in [-0.15, -0.1) is 0 Å². The minimum Gasteiger partial charge on any atom is -0.487 e. The van der Waals surface area contributed by atoms with Crippen LogP contribution in [0.3, 0.4) is 0 Å². The molecule has 0 bridgehead atoms. The highest BCUT2D eigenvalue weighted by Crippen LogP contribution is 2.41. The maximum atomic E-state index is 13.8. The van der Waals surface area contributed by atoms with Crippen LogP contribution in [0.5, 0.6) is 0 Å². The molecule has 5 rings (SSSR count). The normalized spacial score (nSPS) is 17.0. The molecule has 1 amide bonds. The number of aromatic nitrogens is 1. The average Bonchev–Trinajstić information content (AvgIpc) is 3.38. The Labute approximate surface area is 195 Å². The van der Waals surface area contributed by atoms with Crippen molar-refractivity contribution in [3.05, 3.63) is 94.6 Å². The quantitative estimate of drug-likeness (QED) is 0.469. The zero-order chi connectivity index (χ0) is 23.7. The maximum absolute atomic E-state index is 13.8. The first-order chi connectivity index (χ1) is 16.5. The second-order valence-electron chi connectivity index (χ2n) is 8.29. The number of hydrogen-bond acceptors (Lipinski definition) is 5. The van der Waals surface area contributed by atoms with Gasteiger partial charge in [-0.1, -0.05) is 24.3 Å². The molecule has 0 saturated heterocycles. The number of halogens is 1. The highest BCUT2D eigenvalue weighted by atomic mass is 19.1. The van der Waals surface area contributed by atoms with E-state index in [1.54, 1.807) is 24.5 Å². The van der Waals surface area contributed by atoms with Crippen molar-refractivity contribution >= 4 is 28.9 Å². The van der Waals surface area contributed by atoms with Gasteiger partial charge < -0.3 is 20.5 Å². The summed E-state index contributed by atoms with van der Waals surface area (Å²) in [6, 6.07) is 13.0. The van der Waals surface area contributed by atoms with E-state index in [2.05, 4.69) is 15.6 Å². The Hall–Kier alpha value is -4.04. The third-order valence-corrected chi connectivity index (χ3v) is 6.00. The molecule has 3 N–H and O–H groups in total. The Morgan fingerprint density at radius 1 is 1.18 bits per heavy atom. The first-order valence-corrected chi connectivity index (χ1v) is 10.9. The number of carbonyl (C=O) groups excluding carboxylic acids is 1. The summed E-state index contributed by atoms with van der Waals surface area (Å²) < 4.78 is 19.7. The third kappa shape index (κ3) is 4.27. The highest BCUT2D eigenvalue weighted by molar-refractivity contribution is 6.36. The fourth-order valence-electron chi connectivity index (χ4n) is 4.33. The molecule has 3 heterocycles. The summed E-state index contributed by atoms with van der Waals surface area (Å²) in [6.07, 6.45) is 4.30. The van der Waals surface area contributed by atoms with Gasteiger partial charge in [0.15, 0.2) is 0 Å². The van der Waals surface area contributed by atoms with Crippen LogP contribution in [0.2, 0.25) is 0 Å². The molecule has 3 aromatic rings. The third-order valence-electron chi connectivity index (χ3n) is 6.00. The molecule has 34 heavy (non-hydrogen) atoms. The van der Waals surface area contributed by atoms with Crippen molar-refractivity contribution in [2.45, 2.75) is 25.5 Å². The van der Waals surface area contributed by atoms with Crippen molar-refractivity contribution in [2.24, 2.45) is 0 Å². The molecular formula is C26H22FN3O4. The second kappa shape index (κ2) is 9.07. The lowest BCUT2D eigenvalue weighted by molar-refractivity contribution is -0.139. The number of benzene rings is 2. The van der Waals surface area contributed by atoms with E-state index in [0.29, 0.717) is 48.6 Å². The van der Waals surface area contributed by atoms with E-state index in [1.165, 1.54) is 12.1 Å². The van der Waals surface area contributed by atoms with Crippen LogP contribution < -0.4 is 10.6 Å². The molecule has 8 heteroatoms. The predicted molar refractivity (Wildman–Crippen MR) is 124 cm³/mol. The SMILES string of the molecule is O=C1Nc2ccc(F)cc2/C1=C1\OCc2cc(CCNC(Cc3cccnc3)C(=O)O)ccc21. The minimum absolute atomic E-state index is 0.312. The molecule has 0 saturated carbocycles. The van der Waals surface area contributed by atoms with Crippen molar-refractivity contribution < 1.29 is 23.8 Å². The monoisotopic (exact) mass is 459 g/mol. The molecule has 2 aromatic carbocycles. The van der Waals surface area contributed by atoms with E-state index in [1.807, 2.05) is 24.3 Å².